The van der Waals surface area contributed by atoms with E-state index in [2.05, 4.69) is 17.4 Å². The average Bonchev–Trinajstić information content (AvgIpc) is 2.43. The lowest BCUT2D eigenvalue weighted by Gasteiger charge is -2.08. The third-order valence-corrected chi connectivity index (χ3v) is 2.61. The Morgan fingerprint density at radius 2 is 2.05 bits per heavy atom. The van der Waals surface area contributed by atoms with Gasteiger partial charge in [0.2, 0.25) is 0 Å². The topological polar surface area (TPSA) is 39.7 Å². The summed E-state index contributed by atoms with van der Waals surface area (Å²) in [4.78, 5) is 0. The average molecular weight is 267 g/mol. The quantitative estimate of drug-likeness (QED) is 0.624. The number of rotatable bonds is 11. The van der Waals surface area contributed by atoms with E-state index >= 15 is 0 Å². The van der Waals surface area contributed by atoms with E-state index < -0.39 is 0 Å². The second-order valence-corrected chi connectivity index (χ2v) is 4.22. The molecule has 0 aliphatic rings. The van der Waals surface area contributed by atoms with Gasteiger partial charge in [-0.25, -0.2) is 0 Å². The molecule has 0 heterocycles. The molecule has 0 fully saturated rings. The van der Waals surface area contributed by atoms with Crippen LogP contribution in [0.1, 0.15) is 18.9 Å². The molecular weight excluding hydrogens is 242 g/mol. The fraction of sp³-hybridized carbons (Fsp3) is 0.600. The van der Waals surface area contributed by atoms with E-state index in [0.717, 1.165) is 31.9 Å². The van der Waals surface area contributed by atoms with E-state index in [-0.39, 0.29) is 0 Å². The molecule has 1 aromatic rings. The van der Waals surface area contributed by atoms with Crippen molar-refractivity contribution in [2.75, 3.05) is 40.1 Å². The molecule has 0 aliphatic heterocycles. The van der Waals surface area contributed by atoms with Crippen molar-refractivity contribution in [1.29, 1.82) is 0 Å². The molecule has 0 radical (unpaired) electrons. The van der Waals surface area contributed by atoms with Crippen molar-refractivity contribution in [3.05, 3.63) is 29.8 Å². The first-order chi connectivity index (χ1) is 9.36. The van der Waals surface area contributed by atoms with Crippen molar-refractivity contribution < 1.29 is 14.2 Å². The SMILES string of the molecule is CCOc1cccc(CNCCCOCCOC)c1. The Labute approximate surface area is 116 Å². The van der Waals surface area contributed by atoms with Crippen LogP contribution in [0.4, 0.5) is 0 Å². The van der Waals surface area contributed by atoms with Crippen LogP contribution in [0.25, 0.3) is 0 Å². The van der Waals surface area contributed by atoms with Crippen LogP contribution < -0.4 is 10.1 Å². The Kier molecular flexibility index (Phi) is 9.06. The fourth-order valence-electron chi connectivity index (χ4n) is 1.69. The molecule has 0 atom stereocenters. The summed E-state index contributed by atoms with van der Waals surface area (Å²) < 4.78 is 15.8. The third kappa shape index (κ3) is 7.82. The zero-order valence-corrected chi connectivity index (χ0v) is 12.0. The minimum absolute atomic E-state index is 0.664. The fourth-order valence-corrected chi connectivity index (χ4v) is 1.69. The summed E-state index contributed by atoms with van der Waals surface area (Å²) in [5.74, 6) is 0.935. The molecule has 0 amide bonds. The molecular formula is C15H25NO3. The molecule has 0 saturated carbocycles. The Balaban J connectivity index is 2.07. The van der Waals surface area contributed by atoms with E-state index in [1.54, 1.807) is 7.11 Å². The molecule has 1 N–H and O–H groups in total. The standard InChI is InChI=1S/C15H25NO3/c1-3-19-15-7-4-6-14(12-15)13-16-8-5-9-18-11-10-17-2/h4,6-7,12,16H,3,5,8-11,13H2,1-2H3. The van der Waals surface area contributed by atoms with Crippen LogP contribution in [0.2, 0.25) is 0 Å². The van der Waals surface area contributed by atoms with Crippen molar-refractivity contribution in [2.45, 2.75) is 19.9 Å². The normalized spacial score (nSPS) is 10.6. The van der Waals surface area contributed by atoms with Crippen molar-refractivity contribution in [2.24, 2.45) is 0 Å². The Bertz CT molecular complexity index is 331. The third-order valence-electron chi connectivity index (χ3n) is 2.61. The smallest absolute Gasteiger partial charge is 0.119 e. The number of nitrogens with one attached hydrogen (secondary N) is 1. The monoisotopic (exact) mass is 267 g/mol. The first-order valence-corrected chi connectivity index (χ1v) is 6.86. The van der Waals surface area contributed by atoms with Gasteiger partial charge >= 0.3 is 0 Å². The highest BCUT2D eigenvalue weighted by atomic mass is 16.5. The summed E-state index contributed by atoms with van der Waals surface area (Å²) in [5.41, 5.74) is 1.24. The molecule has 4 nitrogen and oxygen atoms in total. The molecule has 0 aromatic heterocycles. The van der Waals surface area contributed by atoms with E-state index in [4.69, 9.17) is 14.2 Å². The largest absolute Gasteiger partial charge is 0.494 e. The lowest BCUT2D eigenvalue weighted by molar-refractivity contribution is 0.0695. The Morgan fingerprint density at radius 3 is 2.84 bits per heavy atom. The highest BCUT2D eigenvalue weighted by molar-refractivity contribution is 5.28. The number of methoxy groups -OCH3 is 1. The molecule has 0 unspecified atom stereocenters. The molecule has 19 heavy (non-hydrogen) atoms. The summed E-state index contributed by atoms with van der Waals surface area (Å²) in [5, 5.41) is 3.40. The van der Waals surface area contributed by atoms with Gasteiger partial charge in [0.25, 0.3) is 0 Å². The summed E-state index contributed by atoms with van der Waals surface area (Å²) in [6, 6.07) is 8.18. The molecule has 108 valence electrons. The van der Waals surface area contributed by atoms with Gasteiger partial charge in [0.15, 0.2) is 0 Å². The Morgan fingerprint density at radius 1 is 1.16 bits per heavy atom. The minimum Gasteiger partial charge on any atom is -0.494 e. The van der Waals surface area contributed by atoms with E-state index in [1.807, 2.05) is 19.1 Å². The van der Waals surface area contributed by atoms with E-state index in [9.17, 15) is 0 Å². The van der Waals surface area contributed by atoms with Gasteiger partial charge < -0.3 is 19.5 Å². The van der Waals surface area contributed by atoms with Gasteiger partial charge in [-0.2, -0.15) is 0 Å². The molecule has 4 heteroatoms. The zero-order chi connectivity index (χ0) is 13.8. The minimum atomic E-state index is 0.664. The van der Waals surface area contributed by atoms with Gasteiger partial charge in [0.05, 0.1) is 19.8 Å². The van der Waals surface area contributed by atoms with Crippen LogP contribution in [0, 0.1) is 0 Å². The second-order valence-electron chi connectivity index (χ2n) is 4.22. The molecule has 0 spiro atoms. The first-order valence-electron chi connectivity index (χ1n) is 6.86. The highest BCUT2D eigenvalue weighted by Gasteiger charge is 1.96. The van der Waals surface area contributed by atoms with Crippen LogP contribution >= 0.6 is 0 Å². The molecule has 0 saturated heterocycles. The number of ether oxygens (including phenoxy) is 3. The maximum Gasteiger partial charge on any atom is 0.119 e. The maximum atomic E-state index is 5.47. The van der Waals surface area contributed by atoms with Crippen LogP contribution in [-0.4, -0.2) is 40.1 Å². The van der Waals surface area contributed by atoms with E-state index in [1.165, 1.54) is 5.56 Å². The number of benzene rings is 1. The van der Waals surface area contributed by atoms with Crippen molar-refractivity contribution in [1.82, 2.24) is 5.32 Å². The summed E-state index contributed by atoms with van der Waals surface area (Å²) >= 11 is 0. The summed E-state index contributed by atoms with van der Waals surface area (Å²) in [6.07, 6.45) is 1.01. The maximum absolute atomic E-state index is 5.47. The molecule has 1 rings (SSSR count). The van der Waals surface area contributed by atoms with Gasteiger partial charge in [-0.05, 0) is 37.6 Å². The van der Waals surface area contributed by atoms with Crippen LogP contribution in [0.15, 0.2) is 24.3 Å². The van der Waals surface area contributed by atoms with Crippen molar-refractivity contribution >= 4 is 0 Å². The lowest BCUT2D eigenvalue weighted by atomic mass is 10.2. The van der Waals surface area contributed by atoms with Gasteiger partial charge in [-0.1, -0.05) is 12.1 Å². The van der Waals surface area contributed by atoms with Crippen molar-refractivity contribution in [3.8, 4) is 5.75 Å². The van der Waals surface area contributed by atoms with Gasteiger partial charge in [-0.3, -0.25) is 0 Å². The van der Waals surface area contributed by atoms with Gasteiger partial charge in [-0.15, -0.1) is 0 Å². The van der Waals surface area contributed by atoms with Gasteiger partial charge in [0, 0.05) is 20.3 Å². The van der Waals surface area contributed by atoms with Crippen LogP contribution in [0.5, 0.6) is 5.75 Å². The number of hydrogen-bond donors (Lipinski definition) is 1. The summed E-state index contributed by atoms with van der Waals surface area (Å²) in [7, 11) is 1.68. The predicted molar refractivity (Wildman–Crippen MR) is 76.6 cm³/mol. The molecule has 1 aromatic carbocycles. The lowest BCUT2D eigenvalue weighted by Crippen LogP contribution is -2.17. The van der Waals surface area contributed by atoms with Gasteiger partial charge in [0.1, 0.15) is 5.75 Å². The van der Waals surface area contributed by atoms with E-state index in [0.29, 0.717) is 19.8 Å². The predicted octanol–water partition coefficient (Wildman–Crippen LogP) is 2.23. The zero-order valence-electron chi connectivity index (χ0n) is 12.0. The number of hydrogen-bond acceptors (Lipinski definition) is 4. The summed E-state index contributed by atoms with van der Waals surface area (Å²) in [6.45, 7) is 6.62. The van der Waals surface area contributed by atoms with Crippen LogP contribution in [0.3, 0.4) is 0 Å². The van der Waals surface area contributed by atoms with Crippen LogP contribution in [-0.2, 0) is 16.0 Å². The van der Waals surface area contributed by atoms with Crippen molar-refractivity contribution in [3.63, 3.8) is 0 Å². The highest BCUT2D eigenvalue weighted by Crippen LogP contribution is 2.12. The molecule has 0 bridgehead atoms. The molecule has 0 aliphatic carbocycles. The first kappa shape index (κ1) is 16.0. The second kappa shape index (κ2) is 10.8. The Hall–Kier alpha value is -1.10.